The van der Waals surface area contributed by atoms with E-state index in [0.717, 1.165) is 0 Å². The van der Waals surface area contributed by atoms with Crippen molar-refractivity contribution in [3.05, 3.63) is 121 Å². The minimum Gasteiger partial charge on any atom is -0.0672 e. The van der Waals surface area contributed by atoms with Crippen LogP contribution in [0, 0.1) is 0 Å². The molecule has 0 N–H and O–H groups in total. The molecule has 4 aromatic rings. The molecule has 0 nitrogen and oxygen atoms in total. The van der Waals surface area contributed by atoms with Crippen molar-refractivity contribution in [2.75, 3.05) is 5.79 Å². The summed E-state index contributed by atoms with van der Waals surface area (Å²) < 4.78 is 0. The molecule has 0 bridgehead atoms. The van der Waals surface area contributed by atoms with Crippen LogP contribution in [0.25, 0.3) is 0 Å². The molecule has 0 saturated carbocycles. The smallest absolute Gasteiger partial charge is 0.0672 e. The summed E-state index contributed by atoms with van der Waals surface area (Å²) in [5.41, 5.74) is 0. The van der Waals surface area contributed by atoms with Crippen LogP contribution in [0.3, 0.4) is 0 Å². The van der Waals surface area contributed by atoms with Gasteiger partial charge in [0.15, 0.2) is 0 Å². The zero-order valence-corrected chi connectivity index (χ0v) is 18.8. The van der Waals surface area contributed by atoms with E-state index in [-0.39, 0.29) is 0 Å². The third kappa shape index (κ3) is 4.27. The lowest BCUT2D eigenvalue weighted by Gasteiger charge is -2.36. The minimum atomic E-state index is -1.92. The molecule has 0 atom stereocenters. The van der Waals surface area contributed by atoms with E-state index in [2.05, 4.69) is 128 Å². The Hall–Kier alpha value is -2.47. The number of rotatable bonds is 7. The predicted molar refractivity (Wildman–Crippen MR) is 132 cm³/mol. The molecule has 4 aromatic carbocycles. The topological polar surface area (TPSA) is 0 Å². The molecule has 0 fully saturated rings. The summed E-state index contributed by atoms with van der Waals surface area (Å²) in [4.78, 5) is 0. The summed E-state index contributed by atoms with van der Waals surface area (Å²) in [5, 5.41) is 6.05. The Morgan fingerprint density at radius 1 is 0.517 bits per heavy atom. The van der Waals surface area contributed by atoms with Crippen molar-refractivity contribution in [1.29, 1.82) is 0 Å². The quantitative estimate of drug-likeness (QED) is 0.299. The summed E-state index contributed by atoms with van der Waals surface area (Å²) in [6, 6.07) is 46.1. The van der Waals surface area contributed by atoms with Crippen molar-refractivity contribution in [3.63, 3.8) is 0 Å². The summed E-state index contributed by atoms with van der Waals surface area (Å²) in [6.45, 7) is 2.40. The molecule has 0 aromatic heterocycles. The van der Waals surface area contributed by atoms with Crippen molar-refractivity contribution >= 4 is 37.0 Å². The van der Waals surface area contributed by atoms with Gasteiger partial charge in [-0.15, -0.1) is 0 Å². The molecule has 0 heterocycles. The van der Waals surface area contributed by atoms with Crippen molar-refractivity contribution in [1.82, 2.24) is 0 Å². The van der Waals surface area contributed by atoms with Crippen LogP contribution in [0.5, 0.6) is 0 Å². The van der Waals surface area contributed by atoms with Gasteiger partial charge in [-0.05, 0) is 24.3 Å². The zero-order valence-electron chi connectivity index (χ0n) is 16.9. The van der Waals surface area contributed by atoms with E-state index in [1.807, 2.05) is 0 Å². The minimum absolute atomic E-state index is 0.430. The summed E-state index contributed by atoms with van der Waals surface area (Å²) in [6.07, 6.45) is 0. The van der Waals surface area contributed by atoms with Gasteiger partial charge in [0.2, 0.25) is 0 Å². The molecule has 29 heavy (non-hydrogen) atoms. The standard InChI is InChI=1S/C27H27PSi/c1-2-29(26-19-11-5-12-20-26,27-21-13-6-14-22-27)23-28(24-15-7-3-8-16-24)25-17-9-4-10-18-25/h3-22H,2,23H2,1H3. The van der Waals surface area contributed by atoms with E-state index in [9.17, 15) is 0 Å². The van der Waals surface area contributed by atoms with Gasteiger partial charge in [0, 0.05) is 0 Å². The van der Waals surface area contributed by atoms with Crippen LogP contribution in [0.1, 0.15) is 6.92 Å². The molecule has 0 aliphatic rings. The molecule has 0 aliphatic carbocycles. The van der Waals surface area contributed by atoms with Gasteiger partial charge in [0.05, 0.1) is 0 Å². The average molecular weight is 411 g/mol. The van der Waals surface area contributed by atoms with Gasteiger partial charge < -0.3 is 0 Å². The van der Waals surface area contributed by atoms with Gasteiger partial charge in [0.25, 0.3) is 0 Å². The fourth-order valence-electron chi connectivity index (χ4n) is 4.20. The van der Waals surface area contributed by atoms with E-state index in [1.54, 1.807) is 10.4 Å². The van der Waals surface area contributed by atoms with E-state index in [0.29, 0.717) is 0 Å². The maximum atomic E-state index is 2.40. The highest BCUT2D eigenvalue weighted by Crippen LogP contribution is 2.37. The van der Waals surface area contributed by atoms with E-state index in [1.165, 1.54) is 22.4 Å². The van der Waals surface area contributed by atoms with Gasteiger partial charge in [-0.1, -0.05) is 145 Å². The Bertz CT molecular complexity index is 922. The summed E-state index contributed by atoms with van der Waals surface area (Å²) in [7, 11) is -2.35. The van der Waals surface area contributed by atoms with Crippen LogP contribution < -0.4 is 21.0 Å². The van der Waals surface area contributed by atoms with E-state index in [4.69, 9.17) is 0 Å². The Kier molecular flexibility index (Phi) is 6.39. The van der Waals surface area contributed by atoms with Crippen molar-refractivity contribution in [3.8, 4) is 0 Å². The Morgan fingerprint density at radius 3 is 1.21 bits per heavy atom. The maximum absolute atomic E-state index is 2.40. The van der Waals surface area contributed by atoms with E-state index >= 15 is 0 Å². The van der Waals surface area contributed by atoms with Crippen LogP contribution in [-0.2, 0) is 0 Å². The number of hydrogen-bond acceptors (Lipinski definition) is 0. The lowest BCUT2D eigenvalue weighted by Crippen LogP contribution is -2.61. The molecular weight excluding hydrogens is 383 g/mol. The highest BCUT2D eigenvalue weighted by molar-refractivity contribution is 7.75. The highest BCUT2D eigenvalue weighted by Gasteiger charge is 2.38. The second kappa shape index (κ2) is 9.35. The van der Waals surface area contributed by atoms with Gasteiger partial charge in [-0.25, -0.2) is 0 Å². The van der Waals surface area contributed by atoms with Gasteiger partial charge in [-0.2, -0.15) is 0 Å². The molecule has 0 unspecified atom stereocenters. The molecule has 0 saturated heterocycles. The first-order valence-electron chi connectivity index (χ1n) is 10.3. The Morgan fingerprint density at radius 2 is 0.862 bits per heavy atom. The Balaban J connectivity index is 1.88. The van der Waals surface area contributed by atoms with Gasteiger partial charge in [0.1, 0.15) is 8.07 Å². The van der Waals surface area contributed by atoms with Crippen LogP contribution in [0.2, 0.25) is 6.04 Å². The van der Waals surface area contributed by atoms with Crippen LogP contribution in [-0.4, -0.2) is 13.9 Å². The maximum Gasteiger partial charge on any atom is 0.122 e. The van der Waals surface area contributed by atoms with Crippen molar-refractivity contribution in [2.24, 2.45) is 0 Å². The molecule has 2 heteroatoms. The molecule has 4 rings (SSSR count). The first kappa shape index (κ1) is 19.8. The number of benzene rings is 4. The molecule has 0 amide bonds. The van der Waals surface area contributed by atoms with Crippen LogP contribution in [0.4, 0.5) is 0 Å². The zero-order chi connectivity index (χ0) is 19.9. The fraction of sp³-hybridized carbons (Fsp3) is 0.111. The van der Waals surface area contributed by atoms with Crippen molar-refractivity contribution < 1.29 is 0 Å². The normalized spacial score (nSPS) is 11.5. The predicted octanol–water partition coefficient (Wildman–Crippen LogP) is 4.94. The summed E-state index contributed by atoms with van der Waals surface area (Å²) in [5.74, 6) is 1.24. The molecule has 144 valence electrons. The Labute approximate surface area is 177 Å². The first-order chi connectivity index (χ1) is 14.3. The van der Waals surface area contributed by atoms with Crippen molar-refractivity contribution in [2.45, 2.75) is 13.0 Å². The monoisotopic (exact) mass is 410 g/mol. The third-order valence-corrected chi connectivity index (χ3v) is 15.2. The SMILES string of the molecule is CC[Si](CP(c1ccccc1)c1ccccc1)(c1ccccc1)c1ccccc1. The van der Waals surface area contributed by atoms with Gasteiger partial charge in [-0.3, -0.25) is 0 Å². The third-order valence-electron chi connectivity index (χ3n) is 5.82. The molecular formula is C27H27PSi. The second-order valence-electron chi connectivity index (χ2n) is 7.42. The van der Waals surface area contributed by atoms with Crippen LogP contribution in [0.15, 0.2) is 121 Å². The molecule has 0 aliphatic heterocycles. The average Bonchev–Trinajstić information content (AvgIpc) is 2.82. The molecule has 0 radical (unpaired) electrons. The largest absolute Gasteiger partial charge is 0.122 e. The molecule has 0 spiro atoms. The fourth-order valence-corrected chi connectivity index (χ4v) is 14.3. The first-order valence-corrected chi connectivity index (χ1v) is 14.3. The summed E-state index contributed by atoms with van der Waals surface area (Å²) >= 11 is 0. The highest BCUT2D eigenvalue weighted by atomic mass is 31.1. The van der Waals surface area contributed by atoms with Gasteiger partial charge >= 0.3 is 0 Å². The number of hydrogen-bond donors (Lipinski definition) is 0. The van der Waals surface area contributed by atoms with Crippen LogP contribution >= 0.6 is 7.92 Å². The lowest BCUT2D eigenvalue weighted by molar-refractivity contribution is 1.38. The van der Waals surface area contributed by atoms with E-state index < -0.39 is 16.0 Å². The second-order valence-corrected chi connectivity index (χ2v) is 14.6. The lowest BCUT2D eigenvalue weighted by atomic mass is 10.4.